The predicted molar refractivity (Wildman–Crippen MR) is 88.7 cm³/mol. The minimum Gasteiger partial charge on any atom is -0.464 e. The molecule has 0 unspecified atom stereocenters. The molecule has 0 atom stereocenters. The van der Waals surface area contributed by atoms with Crippen molar-refractivity contribution < 1.29 is 17.4 Å². The van der Waals surface area contributed by atoms with Crippen LogP contribution in [0.25, 0.3) is 11.0 Å². The average Bonchev–Trinajstić information content (AvgIpc) is 2.88. The molecule has 0 aliphatic carbocycles. The molecule has 0 amide bonds. The molecule has 0 aliphatic heterocycles. The Bertz CT molecular complexity index is 673. The fourth-order valence-electron chi connectivity index (χ4n) is 2.71. The van der Waals surface area contributed by atoms with Crippen molar-refractivity contribution in [1.29, 1.82) is 0 Å². The number of aryl methyl sites for hydroxylation is 1. The van der Waals surface area contributed by atoms with E-state index in [0.29, 0.717) is 6.42 Å². The molecular weight excluding hydrogens is 300 g/mol. The van der Waals surface area contributed by atoms with Crippen LogP contribution in [-0.2, 0) is 16.5 Å². The van der Waals surface area contributed by atoms with Crippen molar-refractivity contribution in [2.45, 2.75) is 51.4 Å². The number of para-hydroxylation sites is 1. The minimum atomic E-state index is -3.78. The highest BCUT2D eigenvalue weighted by Gasteiger charge is 2.05. The first-order valence-electron chi connectivity index (χ1n) is 7.96. The Balaban J connectivity index is 1.55. The van der Waals surface area contributed by atoms with Gasteiger partial charge in [-0.15, -0.1) is 0 Å². The Morgan fingerprint density at radius 1 is 0.909 bits per heavy atom. The van der Waals surface area contributed by atoms with Crippen molar-refractivity contribution in [3.05, 3.63) is 36.1 Å². The van der Waals surface area contributed by atoms with E-state index in [-0.39, 0.29) is 5.75 Å². The summed E-state index contributed by atoms with van der Waals surface area (Å²) in [7, 11) is -3.78. The van der Waals surface area contributed by atoms with Crippen molar-refractivity contribution in [1.82, 2.24) is 0 Å². The summed E-state index contributed by atoms with van der Waals surface area (Å²) in [5.41, 5.74) is 2.24. The van der Waals surface area contributed by atoms with Gasteiger partial charge in [0, 0.05) is 5.39 Å². The van der Waals surface area contributed by atoms with E-state index in [0.717, 1.165) is 37.7 Å². The number of hydrogen-bond donors (Lipinski definition) is 1. The Morgan fingerprint density at radius 2 is 1.55 bits per heavy atom. The Morgan fingerprint density at radius 3 is 2.27 bits per heavy atom. The maximum Gasteiger partial charge on any atom is 0.264 e. The van der Waals surface area contributed by atoms with Gasteiger partial charge in [-0.1, -0.05) is 50.3 Å². The first kappa shape index (κ1) is 17.0. The zero-order valence-corrected chi connectivity index (χ0v) is 13.6. The zero-order valence-electron chi connectivity index (χ0n) is 12.8. The number of hydrogen-bond acceptors (Lipinski definition) is 3. The number of furan rings is 1. The van der Waals surface area contributed by atoms with Crippen molar-refractivity contribution in [3.63, 3.8) is 0 Å². The number of unbranched alkanes of at least 4 members (excludes halogenated alkanes) is 6. The van der Waals surface area contributed by atoms with Crippen LogP contribution >= 0.6 is 0 Å². The van der Waals surface area contributed by atoms with E-state index in [9.17, 15) is 8.42 Å². The second kappa shape index (κ2) is 8.34. The fourth-order valence-corrected chi connectivity index (χ4v) is 3.28. The van der Waals surface area contributed by atoms with Crippen LogP contribution in [0.15, 0.2) is 34.9 Å². The molecule has 0 bridgehead atoms. The monoisotopic (exact) mass is 324 g/mol. The van der Waals surface area contributed by atoms with Crippen molar-refractivity contribution in [2.75, 3.05) is 5.75 Å². The number of benzene rings is 1. The van der Waals surface area contributed by atoms with Crippen LogP contribution in [0.2, 0.25) is 0 Å². The van der Waals surface area contributed by atoms with Gasteiger partial charge in [0.25, 0.3) is 10.1 Å². The Kier molecular flexibility index (Phi) is 6.46. The van der Waals surface area contributed by atoms with Gasteiger partial charge in [-0.2, -0.15) is 8.42 Å². The molecule has 2 aromatic rings. The first-order valence-corrected chi connectivity index (χ1v) is 9.57. The molecule has 1 N–H and O–H groups in total. The standard InChI is InChI=1S/C17H24O4S/c18-22(19,20)13-9-5-3-1-2-4-6-10-15-14-21-17-12-8-7-11-16(15)17/h7-8,11-12,14H,1-6,9-10,13H2,(H,18,19,20). The average molecular weight is 324 g/mol. The largest absolute Gasteiger partial charge is 0.464 e. The second-order valence-corrected chi connectivity index (χ2v) is 7.34. The van der Waals surface area contributed by atoms with Gasteiger partial charge in [0.05, 0.1) is 12.0 Å². The Hall–Kier alpha value is -1.33. The Labute approximate surface area is 132 Å². The van der Waals surface area contributed by atoms with E-state index < -0.39 is 10.1 Å². The summed E-state index contributed by atoms with van der Waals surface area (Å²) >= 11 is 0. The van der Waals surface area contributed by atoms with Gasteiger partial charge in [-0.3, -0.25) is 4.55 Å². The molecule has 0 saturated heterocycles. The lowest BCUT2D eigenvalue weighted by atomic mass is 10.0. The van der Waals surface area contributed by atoms with E-state index in [1.807, 2.05) is 24.5 Å². The summed E-state index contributed by atoms with van der Waals surface area (Å²) < 4.78 is 35.3. The summed E-state index contributed by atoms with van der Waals surface area (Å²) in [6.07, 6.45) is 9.97. The molecule has 1 aromatic heterocycles. The molecule has 0 fully saturated rings. The molecule has 22 heavy (non-hydrogen) atoms. The van der Waals surface area contributed by atoms with Gasteiger partial charge in [0.2, 0.25) is 0 Å². The van der Waals surface area contributed by atoms with Crippen LogP contribution in [-0.4, -0.2) is 18.7 Å². The number of rotatable bonds is 10. The smallest absolute Gasteiger partial charge is 0.264 e. The molecule has 4 nitrogen and oxygen atoms in total. The van der Waals surface area contributed by atoms with E-state index >= 15 is 0 Å². The minimum absolute atomic E-state index is 0.111. The third kappa shape index (κ3) is 5.81. The predicted octanol–water partition coefficient (Wildman–Crippen LogP) is 4.59. The van der Waals surface area contributed by atoms with Crippen LogP contribution in [0.1, 0.15) is 50.5 Å². The molecule has 0 saturated carbocycles. The van der Waals surface area contributed by atoms with E-state index in [2.05, 4.69) is 6.07 Å². The molecule has 2 rings (SSSR count). The summed E-state index contributed by atoms with van der Waals surface area (Å²) in [5.74, 6) is -0.111. The lowest BCUT2D eigenvalue weighted by Crippen LogP contribution is -2.03. The topological polar surface area (TPSA) is 67.5 Å². The highest BCUT2D eigenvalue weighted by atomic mass is 32.2. The second-order valence-electron chi connectivity index (χ2n) is 5.77. The van der Waals surface area contributed by atoms with E-state index in [4.69, 9.17) is 8.97 Å². The lowest BCUT2D eigenvalue weighted by molar-refractivity contribution is 0.478. The van der Waals surface area contributed by atoms with Crippen LogP contribution in [0.5, 0.6) is 0 Å². The van der Waals surface area contributed by atoms with Crippen LogP contribution < -0.4 is 0 Å². The zero-order chi connectivity index (χ0) is 15.8. The first-order chi connectivity index (χ1) is 10.6. The third-order valence-electron chi connectivity index (χ3n) is 3.91. The van der Waals surface area contributed by atoms with E-state index in [1.165, 1.54) is 23.8 Å². The van der Waals surface area contributed by atoms with E-state index in [1.54, 1.807) is 0 Å². The highest BCUT2D eigenvalue weighted by Crippen LogP contribution is 2.22. The van der Waals surface area contributed by atoms with Crippen LogP contribution in [0.3, 0.4) is 0 Å². The molecule has 0 radical (unpaired) electrons. The molecule has 1 heterocycles. The van der Waals surface area contributed by atoms with Crippen molar-refractivity contribution >= 4 is 21.1 Å². The van der Waals surface area contributed by atoms with Crippen LogP contribution in [0.4, 0.5) is 0 Å². The van der Waals surface area contributed by atoms with Gasteiger partial charge in [0.1, 0.15) is 5.58 Å². The lowest BCUT2D eigenvalue weighted by Gasteiger charge is -2.01. The molecule has 122 valence electrons. The number of fused-ring (bicyclic) bond motifs is 1. The van der Waals surface area contributed by atoms with Crippen molar-refractivity contribution in [2.24, 2.45) is 0 Å². The summed E-state index contributed by atoms with van der Waals surface area (Å²) in [5, 5.41) is 1.22. The van der Waals surface area contributed by atoms with Crippen LogP contribution in [0, 0.1) is 0 Å². The summed E-state index contributed by atoms with van der Waals surface area (Å²) in [4.78, 5) is 0. The maximum absolute atomic E-state index is 10.6. The fraction of sp³-hybridized carbons (Fsp3) is 0.529. The molecule has 1 aromatic carbocycles. The molecule has 5 heteroatoms. The molecule has 0 spiro atoms. The quantitative estimate of drug-likeness (QED) is 0.512. The van der Waals surface area contributed by atoms with Crippen molar-refractivity contribution in [3.8, 4) is 0 Å². The summed E-state index contributed by atoms with van der Waals surface area (Å²) in [6, 6.07) is 8.11. The third-order valence-corrected chi connectivity index (χ3v) is 4.71. The maximum atomic E-state index is 10.6. The highest BCUT2D eigenvalue weighted by molar-refractivity contribution is 7.85. The molecule has 0 aliphatic rings. The van der Waals surface area contributed by atoms with Gasteiger partial charge >= 0.3 is 0 Å². The van der Waals surface area contributed by atoms with Gasteiger partial charge in [0.15, 0.2) is 0 Å². The van der Waals surface area contributed by atoms with Gasteiger partial charge < -0.3 is 4.42 Å². The SMILES string of the molecule is O=S(=O)(O)CCCCCCCCCc1coc2ccccc12. The molecular formula is C17H24O4S. The normalized spacial score (nSPS) is 12.0. The summed E-state index contributed by atoms with van der Waals surface area (Å²) in [6.45, 7) is 0. The van der Waals surface area contributed by atoms with Gasteiger partial charge in [-0.05, 0) is 30.9 Å². The van der Waals surface area contributed by atoms with Gasteiger partial charge in [-0.25, -0.2) is 0 Å².